The van der Waals surface area contributed by atoms with Gasteiger partial charge < -0.3 is 15.4 Å². The van der Waals surface area contributed by atoms with Crippen molar-refractivity contribution < 1.29 is 13.2 Å². The summed E-state index contributed by atoms with van der Waals surface area (Å²) in [5.74, 6) is 0.675. The van der Waals surface area contributed by atoms with Crippen LogP contribution in [0.5, 0.6) is 0 Å². The smallest absolute Gasteiger partial charge is 0.191 e. The quantitative estimate of drug-likeness (QED) is 0.455. The molecule has 0 bridgehead atoms. The fourth-order valence-corrected chi connectivity index (χ4v) is 4.58. The molecule has 0 amide bonds. The Morgan fingerprint density at radius 2 is 1.73 bits per heavy atom. The number of aliphatic imine (C=N–C) groups is 1. The van der Waals surface area contributed by atoms with Crippen LogP contribution in [0, 0.1) is 0 Å². The lowest BCUT2D eigenvalue weighted by Gasteiger charge is -2.34. The van der Waals surface area contributed by atoms with Gasteiger partial charge in [-0.2, -0.15) is 0 Å². The largest absolute Gasteiger partial charge is 0.381 e. The van der Waals surface area contributed by atoms with Crippen LogP contribution in [-0.2, 0) is 14.6 Å². The zero-order chi connectivity index (χ0) is 19.8. The molecule has 1 saturated heterocycles. The second-order valence-electron chi connectivity index (χ2n) is 7.61. The van der Waals surface area contributed by atoms with E-state index in [2.05, 4.69) is 48.2 Å². The zero-order valence-corrected chi connectivity index (χ0v) is 18.2. The van der Waals surface area contributed by atoms with Gasteiger partial charge in [-0.1, -0.05) is 0 Å². The van der Waals surface area contributed by atoms with Crippen LogP contribution in [0.4, 0.5) is 0 Å². The Morgan fingerprint density at radius 1 is 1.15 bits per heavy atom. The van der Waals surface area contributed by atoms with Crippen molar-refractivity contribution in [3.63, 3.8) is 0 Å². The Balaban J connectivity index is 2.75. The van der Waals surface area contributed by atoms with Crippen LogP contribution in [-0.4, -0.2) is 81.8 Å². The van der Waals surface area contributed by atoms with Crippen molar-refractivity contribution in [2.75, 3.05) is 45.6 Å². The summed E-state index contributed by atoms with van der Waals surface area (Å²) in [5.41, 5.74) is 0. The molecule has 0 aromatic heterocycles. The molecule has 0 aliphatic carbocycles. The van der Waals surface area contributed by atoms with E-state index in [9.17, 15) is 8.42 Å². The zero-order valence-electron chi connectivity index (χ0n) is 17.3. The fraction of sp³-hybridized carbons (Fsp3) is 0.944. The van der Waals surface area contributed by atoms with Crippen LogP contribution in [0.3, 0.4) is 0 Å². The molecular weight excluding hydrogens is 352 g/mol. The van der Waals surface area contributed by atoms with Gasteiger partial charge in [-0.05, 0) is 47.5 Å². The minimum atomic E-state index is -3.21. The van der Waals surface area contributed by atoms with Gasteiger partial charge in [0.05, 0.1) is 11.3 Å². The van der Waals surface area contributed by atoms with E-state index in [1.807, 2.05) is 6.92 Å². The van der Waals surface area contributed by atoms with E-state index in [1.165, 1.54) is 6.26 Å². The van der Waals surface area contributed by atoms with Gasteiger partial charge in [0.25, 0.3) is 0 Å². The molecule has 154 valence electrons. The van der Waals surface area contributed by atoms with E-state index < -0.39 is 14.6 Å². The lowest BCUT2D eigenvalue weighted by molar-refractivity contribution is 0.0768. The highest BCUT2D eigenvalue weighted by molar-refractivity contribution is 7.92. The van der Waals surface area contributed by atoms with Gasteiger partial charge in [-0.3, -0.25) is 9.89 Å². The van der Waals surface area contributed by atoms with E-state index in [0.717, 1.165) is 19.6 Å². The molecule has 8 heteroatoms. The van der Waals surface area contributed by atoms with Gasteiger partial charge in [-0.25, -0.2) is 8.42 Å². The Labute approximate surface area is 159 Å². The first-order chi connectivity index (χ1) is 12.1. The second-order valence-corrected chi connectivity index (χ2v) is 10.0. The normalized spacial score (nSPS) is 18.6. The van der Waals surface area contributed by atoms with Crippen LogP contribution in [0.1, 0.15) is 47.5 Å². The van der Waals surface area contributed by atoms with E-state index in [0.29, 0.717) is 44.1 Å². The third-order valence-corrected chi connectivity index (χ3v) is 7.16. The van der Waals surface area contributed by atoms with Crippen molar-refractivity contribution >= 4 is 15.8 Å². The number of sulfone groups is 1. The Kier molecular flexibility index (Phi) is 9.33. The molecule has 26 heavy (non-hydrogen) atoms. The fourth-order valence-electron chi connectivity index (χ4n) is 3.37. The lowest BCUT2D eigenvalue weighted by atomic mass is 9.99. The summed E-state index contributed by atoms with van der Waals surface area (Å²) >= 11 is 0. The number of guanidine groups is 1. The van der Waals surface area contributed by atoms with E-state index in [4.69, 9.17) is 4.74 Å². The molecule has 0 radical (unpaired) electrons. The Bertz CT molecular complexity index is 533. The summed E-state index contributed by atoms with van der Waals surface area (Å²) in [6, 6.07) is 0.958. The van der Waals surface area contributed by atoms with Crippen LogP contribution in [0.15, 0.2) is 4.99 Å². The predicted molar refractivity (Wildman–Crippen MR) is 109 cm³/mol. The standard InChI is InChI=1S/C18H38N4O3S/c1-7-19-17(20-10-11-22(15(2)3)16(4)5)21-14-18(26(6,23)24)8-12-25-13-9-18/h15-16H,7-14H2,1-6H3,(H2,19,20,21). The SMILES string of the molecule is CCNC(=NCC1(S(C)(=O)=O)CCOCC1)NCCN(C(C)C)C(C)C. The molecule has 7 nitrogen and oxygen atoms in total. The minimum absolute atomic E-state index is 0.266. The van der Waals surface area contributed by atoms with Crippen molar-refractivity contribution in [3.8, 4) is 0 Å². The molecule has 2 N–H and O–H groups in total. The van der Waals surface area contributed by atoms with Gasteiger partial charge in [0, 0.05) is 51.2 Å². The Hall–Kier alpha value is -0.860. The Morgan fingerprint density at radius 3 is 2.19 bits per heavy atom. The number of rotatable bonds is 9. The molecule has 0 aromatic rings. The first kappa shape index (κ1) is 23.2. The molecule has 0 saturated carbocycles. The van der Waals surface area contributed by atoms with Crippen LogP contribution in [0.25, 0.3) is 0 Å². The number of nitrogens with zero attached hydrogens (tertiary/aromatic N) is 2. The van der Waals surface area contributed by atoms with E-state index in [-0.39, 0.29) is 6.54 Å². The highest BCUT2D eigenvalue weighted by atomic mass is 32.2. The molecule has 1 aliphatic rings. The third-order valence-electron chi connectivity index (χ3n) is 5.05. The maximum atomic E-state index is 12.4. The molecule has 0 unspecified atom stereocenters. The predicted octanol–water partition coefficient (Wildman–Crippen LogP) is 1.25. The van der Waals surface area contributed by atoms with Crippen LogP contribution in [0.2, 0.25) is 0 Å². The van der Waals surface area contributed by atoms with Gasteiger partial charge >= 0.3 is 0 Å². The molecule has 0 atom stereocenters. The summed E-state index contributed by atoms with van der Waals surface area (Å²) in [6.45, 7) is 14.4. The summed E-state index contributed by atoms with van der Waals surface area (Å²) in [5, 5.41) is 6.56. The molecular formula is C18H38N4O3S. The monoisotopic (exact) mass is 390 g/mol. The molecule has 1 fully saturated rings. The van der Waals surface area contributed by atoms with E-state index in [1.54, 1.807) is 0 Å². The van der Waals surface area contributed by atoms with Gasteiger partial charge in [0.1, 0.15) is 0 Å². The molecule has 1 heterocycles. The van der Waals surface area contributed by atoms with Crippen molar-refractivity contribution in [3.05, 3.63) is 0 Å². The van der Waals surface area contributed by atoms with Crippen molar-refractivity contribution in [1.29, 1.82) is 0 Å². The van der Waals surface area contributed by atoms with Crippen molar-refractivity contribution in [2.45, 2.75) is 64.3 Å². The molecule has 0 aromatic carbocycles. The number of nitrogens with one attached hydrogen (secondary N) is 2. The van der Waals surface area contributed by atoms with Crippen molar-refractivity contribution in [1.82, 2.24) is 15.5 Å². The first-order valence-electron chi connectivity index (χ1n) is 9.68. The van der Waals surface area contributed by atoms with Gasteiger partial charge in [-0.15, -0.1) is 0 Å². The molecule has 1 aliphatic heterocycles. The molecule has 1 rings (SSSR count). The summed E-state index contributed by atoms with van der Waals surface area (Å²) in [4.78, 5) is 7.01. The van der Waals surface area contributed by atoms with Crippen molar-refractivity contribution in [2.24, 2.45) is 4.99 Å². The lowest BCUT2D eigenvalue weighted by Crippen LogP contribution is -2.48. The van der Waals surface area contributed by atoms with E-state index >= 15 is 0 Å². The second kappa shape index (κ2) is 10.5. The topological polar surface area (TPSA) is 83.0 Å². The van der Waals surface area contributed by atoms with Gasteiger partial charge in [0.15, 0.2) is 15.8 Å². The summed E-state index contributed by atoms with van der Waals surface area (Å²) in [6.07, 6.45) is 2.32. The number of hydrogen-bond acceptors (Lipinski definition) is 5. The summed E-state index contributed by atoms with van der Waals surface area (Å²) < 4.78 is 29.3. The third kappa shape index (κ3) is 6.70. The van der Waals surface area contributed by atoms with Crippen LogP contribution >= 0.6 is 0 Å². The highest BCUT2D eigenvalue weighted by Gasteiger charge is 2.42. The number of hydrogen-bond donors (Lipinski definition) is 2. The molecule has 0 spiro atoms. The maximum absolute atomic E-state index is 12.4. The van der Waals surface area contributed by atoms with Gasteiger partial charge in [0.2, 0.25) is 0 Å². The minimum Gasteiger partial charge on any atom is -0.381 e. The first-order valence-corrected chi connectivity index (χ1v) is 11.6. The summed E-state index contributed by atoms with van der Waals surface area (Å²) in [7, 11) is -3.21. The average Bonchev–Trinajstić information content (AvgIpc) is 2.55. The average molecular weight is 391 g/mol. The highest BCUT2D eigenvalue weighted by Crippen LogP contribution is 2.29. The number of ether oxygens (including phenoxy) is 1. The maximum Gasteiger partial charge on any atom is 0.191 e. The van der Waals surface area contributed by atoms with Crippen LogP contribution < -0.4 is 10.6 Å².